The van der Waals surface area contributed by atoms with E-state index in [4.69, 9.17) is 4.74 Å². The quantitative estimate of drug-likeness (QED) is 0.342. The Hall–Kier alpha value is -2.62. The average Bonchev–Trinajstić information content (AvgIpc) is 2.36. The Balaban J connectivity index is 3.08. The maximum atomic E-state index is 11.0. The first kappa shape index (κ1) is 13.4. The van der Waals surface area contributed by atoms with E-state index in [0.29, 0.717) is 0 Å². The Kier molecular flexibility index (Phi) is 4.63. The van der Waals surface area contributed by atoms with Crippen LogP contribution >= 0.6 is 0 Å². The molecule has 1 heterocycles. The van der Waals surface area contributed by atoms with Crippen molar-refractivity contribution in [3.05, 3.63) is 27.9 Å². The van der Waals surface area contributed by atoms with E-state index in [1.165, 1.54) is 13.2 Å². The van der Waals surface area contributed by atoms with Crippen molar-refractivity contribution in [1.82, 2.24) is 4.98 Å². The van der Waals surface area contributed by atoms with Gasteiger partial charge in [-0.05, 0) is 12.8 Å². The molecule has 1 aromatic rings. The van der Waals surface area contributed by atoms with Gasteiger partial charge >= 0.3 is 5.97 Å². The van der Waals surface area contributed by atoms with Crippen molar-refractivity contribution in [3.8, 4) is 17.7 Å². The molecule has 0 N–H and O–H groups in total. The highest BCUT2D eigenvalue weighted by Crippen LogP contribution is 2.19. The summed E-state index contributed by atoms with van der Waals surface area (Å²) >= 11 is 0. The Bertz CT molecular complexity index is 530. The van der Waals surface area contributed by atoms with Gasteiger partial charge in [-0.2, -0.15) is 0 Å². The predicted octanol–water partition coefficient (Wildman–Crippen LogP) is 0.913. The number of aromatic nitrogens is 1. The zero-order chi connectivity index (χ0) is 13.5. The Morgan fingerprint density at radius 3 is 2.89 bits per heavy atom. The predicted molar refractivity (Wildman–Crippen MR) is 61.0 cm³/mol. The Morgan fingerprint density at radius 1 is 1.61 bits per heavy atom. The molecule has 0 unspecified atom stereocenters. The van der Waals surface area contributed by atoms with Gasteiger partial charge in [-0.15, -0.1) is 0 Å². The SMILES string of the molecule is CCOC(=O)C#Cc1cc([N+](=O)[O-])cnc1OC. The third kappa shape index (κ3) is 3.45. The molecule has 0 saturated carbocycles. The van der Waals surface area contributed by atoms with Crippen molar-refractivity contribution < 1.29 is 19.2 Å². The summed E-state index contributed by atoms with van der Waals surface area (Å²) in [5.41, 5.74) is -0.0799. The summed E-state index contributed by atoms with van der Waals surface area (Å²) in [6.45, 7) is 1.85. The number of carbonyl (C=O) groups is 1. The molecule has 18 heavy (non-hydrogen) atoms. The molecule has 0 spiro atoms. The largest absolute Gasteiger partial charge is 0.480 e. The lowest BCUT2D eigenvalue weighted by Crippen LogP contribution is -2.00. The molecule has 0 saturated heterocycles. The van der Waals surface area contributed by atoms with Crippen LogP contribution in [0.5, 0.6) is 5.88 Å². The summed E-state index contributed by atoms with van der Waals surface area (Å²) in [6.07, 6.45) is 1.05. The monoisotopic (exact) mass is 250 g/mol. The number of methoxy groups -OCH3 is 1. The molecular formula is C11H10N2O5. The lowest BCUT2D eigenvalue weighted by atomic mass is 10.2. The number of pyridine rings is 1. The van der Waals surface area contributed by atoms with Gasteiger partial charge in [0.2, 0.25) is 5.88 Å². The number of hydrogen-bond acceptors (Lipinski definition) is 6. The van der Waals surface area contributed by atoms with E-state index in [0.717, 1.165) is 6.20 Å². The first-order chi connectivity index (χ1) is 8.58. The molecule has 0 radical (unpaired) electrons. The third-order valence-electron chi connectivity index (χ3n) is 1.82. The fourth-order valence-electron chi connectivity index (χ4n) is 1.08. The van der Waals surface area contributed by atoms with E-state index < -0.39 is 10.9 Å². The molecule has 0 aliphatic heterocycles. The summed E-state index contributed by atoms with van der Waals surface area (Å²) in [5.74, 6) is 4.01. The lowest BCUT2D eigenvalue weighted by molar-refractivity contribution is -0.385. The minimum Gasteiger partial charge on any atom is -0.480 e. The molecule has 7 heteroatoms. The van der Waals surface area contributed by atoms with Gasteiger partial charge in [-0.25, -0.2) is 9.78 Å². The van der Waals surface area contributed by atoms with Crippen molar-refractivity contribution in [2.24, 2.45) is 0 Å². The molecule has 0 fully saturated rings. The molecular weight excluding hydrogens is 240 g/mol. The molecule has 7 nitrogen and oxygen atoms in total. The molecule has 0 bridgehead atoms. The van der Waals surface area contributed by atoms with Crippen molar-refractivity contribution in [3.63, 3.8) is 0 Å². The maximum Gasteiger partial charge on any atom is 0.384 e. The van der Waals surface area contributed by atoms with E-state index in [-0.39, 0.29) is 23.7 Å². The summed E-state index contributed by atoms with van der Waals surface area (Å²) < 4.78 is 9.49. The number of nitrogens with zero attached hydrogens (tertiary/aromatic N) is 2. The van der Waals surface area contributed by atoms with Gasteiger partial charge in [-0.1, -0.05) is 0 Å². The van der Waals surface area contributed by atoms with Gasteiger partial charge < -0.3 is 9.47 Å². The minimum atomic E-state index is -0.717. The van der Waals surface area contributed by atoms with Crippen LogP contribution in [0.15, 0.2) is 12.3 Å². The molecule has 94 valence electrons. The second-order valence-corrected chi connectivity index (χ2v) is 2.98. The van der Waals surface area contributed by atoms with Gasteiger partial charge in [0, 0.05) is 12.0 Å². The lowest BCUT2D eigenvalue weighted by Gasteiger charge is -2.00. The minimum absolute atomic E-state index is 0.109. The van der Waals surface area contributed by atoms with Crippen LogP contribution in [0, 0.1) is 22.0 Å². The molecule has 1 aromatic heterocycles. The van der Waals surface area contributed by atoms with E-state index in [2.05, 4.69) is 21.6 Å². The number of carbonyl (C=O) groups excluding carboxylic acids is 1. The number of ether oxygens (including phenoxy) is 2. The second-order valence-electron chi connectivity index (χ2n) is 2.98. The smallest absolute Gasteiger partial charge is 0.384 e. The zero-order valence-electron chi connectivity index (χ0n) is 9.80. The average molecular weight is 250 g/mol. The van der Waals surface area contributed by atoms with Crippen LogP contribution in [-0.2, 0) is 9.53 Å². The van der Waals surface area contributed by atoms with Gasteiger partial charge in [0.05, 0.1) is 24.2 Å². The summed E-state index contributed by atoms with van der Waals surface area (Å²) in [5, 5.41) is 10.6. The van der Waals surface area contributed by atoms with Crippen LogP contribution in [0.2, 0.25) is 0 Å². The highest BCUT2D eigenvalue weighted by Gasteiger charge is 2.11. The molecule has 0 atom stereocenters. The second kappa shape index (κ2) is 6.20. The van der Waals surface area contributed by atoms with Crippen LogP contribution in [0.1, 0.15) is 12.5 Å². The number of esters is 1. The number of hydrogen-bond donors (Lipinski definition) is 0. The Morgan fingerprint density at radius 2 is 2.33 bits per heavy atom. The number of nitro groups is 1. The molecule has 0 amide bonds. The summed E-state index contributed by atoms with van der Waals surface area (Å²) in [7, 11) is 1.35. The molecule has 0 aliphatic carbocycles. The molecule has 0 aliphatic rings. The summed E-state index contributed by atoms with van der Waals surface area (Å²) in [6, 6.07) is 1.18. The normalized spacial score (nSPS) is 9.00. The van der Waals surface area contributed by atoms with Gasteiger partial charge in [0.1, 0.15) is 6.20 Å². The van der Waals surface area contributed by atoms with Crippen molar-refractivity contribution >= 4 is 11.7 Å². The Labute approximate surface area is 103 Å². The van der Waals surface area contributed by atoms with Gasteiger partial charge in [-0.3, -0.25) is 10.1 Å². The van der Waals surface area contributed by atoms with Gasteiger partial charge in [0.15, 0.2) is 0 Å². The topological polar surface area (TPSA) is 91.6 Å². The molecule has 1 rings (SSSR count). The summed E-state index contributed by atoms with van der Waals surface area (Å²) in [4.78, 5) is 24.7. The van der Waals surface area contributed by atoms with Crippen molar-refractivity contribution in [2.75, 3.05) is 13.7 Å². The van der Waals surface area contributed by atoms with E-state index in [1.807, 2.05) is 0 Å². The fraction of sp³-hybridized carbons (Fsp3) is 0.273. The van der Waals surface area contributed by atoms with E-state index in [1.54, 1.807) is 6.92 Å². The van der Waals surface area contributed by atoms with Crippen molar-refractivity contribution in [2.45, 2.75) is 6.92 Å². The zero-order valence-corrected chi connectivity index (χ0v) is 9.80. The fourth-order valence-corrected chi connectivity index (χ4v) is 1.08. The van der Waals surface area contributed by atoms with E-state index in [9.17, 15) is 14.9 Å². The van der Waals surface area contributed by atoms with Gasteiger partial charge in [0.25, 0.3) is 5.69 Å². The first-order valence-corrected chi connectivity index (χ1v) is 4.95. The molecule has 0 aromatic carbocycles. The standard InChI is InChI=1S/C11H10N2O5/c1-3-18-10(14)5-4-8-6-9(13(15)16)7-12-11(8)17-2/h6-7H,3H2,1-2H3. The third-order valence-corrected chi connectivity index (χ3v) is 1.82. The first-order valence-electron chi connectivity index (χ1n) is 4.95. The van der Waals surface area contributed by atoms with Crippen LogP contribution in [0.4, 0.5) is 5.69 Å². The van der Waals surface area contributed by atoms with Crippen molar-refractivity contribution in [1.29, 1.82) is 0 Å². The van der Waals surface area contributed by atoms with E-state index >= 15 is 0 Å². The maximum absolute atomic E-state index is 11.0. The highest BCUT2D eigenvalue weighted by atomic mass is 16.6. The van der Waals surface area contributed by atoms with Crippen LogP contribution in [0.25, 0.3) is 0 Å². The van der Waals surface area contributed by atoms with Crippen LogP contribution in [-0.4, -0.2) is 29.6 Å². The number of rotatable bonds is 3. The van der Waals surface area contributed by atoms with Crippen LogP contribution in [0.3, 0.4) is 0 Å². The highest BCUT2D eigenvalue weighted by molar-refractivity contribution is 5.89. The van der Waals surface area contributed by atoms with Crippen LogP contribution < -0.4 is 4.74 Å².